The Hall–Kier alpha value is -2.21. The van der Waals surface area contributed by atoms with Crippen molar-refractivity contribution in [2.24, 2.45) is 10.4 Å². The average Bonchev–Trinajstić information content (AvgIpc) is 3.07. The fourth-order valence-electron chi connectivity index (χ4n) is 3.98. The van der Waals surface area contributed by atoms with E-state index in [2.05, 4.69) is 26.7 Å². The lowest BCUT2D eigenvalue weighted by Crippen LogP contribution is -2.46. The molecule has 3 fully saturated rings. The Labute approximate surface area is 143 Å². The summed E-state index contributed by atoms with van der Waals surface area (Å²) in [6.07, 6.45) is 8.31. The van der Waals surface area contributed by atoms with Crippen molar-refractivity contribution in [1.29, 1.82) is 0 Å². The molecule has 0 unspecified atom stereocenters. The SMILES string of the molecule is O=C1NC(=NC2CC3(CCC3)C2)N/C1=C\c1ccc2ncsc2c1. The minimum Gasteiger partial charge on any atom is -0.321 e. The van der Waals surface area contributed by atoms with Gasteiger partial charge in [-0.15, -0.1) is 11.3 Å². The third kappa shape index (κ3) is 2.33. The number of thiazole rings is 1. The molecule has 2 saturated carbocycles. The van der Waals surface area contributed by atoms with Gasteiger partial charge in [-0.3, -0.25) is 10.1 Å². The molecule has 1 aliphatic heterocycles. The van der Waals surface area contributed by atoms with Gasteiger partial charge in [0.15, 0.2) is 0 Å². The topological polar surface area (TPSA) is 66.4 Å². The van der Waals surface area contributed by atoms with Crippen molar-refractivity contribution in [3.05, 3.63) is 35.0 Å². The van der Waals surface area contributed by atoms with Crippen LogP contribution in [-0.2, 0) is 4.79 Å². The standard InChI is InChI=1S/C18H18N4OS/c23-16-14(6-11-2-3-13-15(7-11)24-10-19-13)21-17(22-16)20-12-8-18(9-12)4-1-5-18/h2-3,6-7,10,12H,1,4-5,8-9H2,(H2,20,21,22,23)/b14-6-. The van der Waals surface area contributed by atoms with Gasteiger partial charge in [-0.1, -0.05) is 12.5 Å². The highest BCUT2D eigenvalue weighted by Gasteiger charge is 2.48. The van der Waals surface area contributed by atoms with Crippen LogP contribution < -0.4 is 10.6 Å². The minimum absolute atomic E-state index is 0.115. The Morgan fingerprint density at radius 2 is 2.17 bits per heavy atom. The maximum atomic E-state index is 12.2. The molecule has 1 amide bonds. The van der Waals surface area contributed by atoms with Crippen LogP contribution in [0.3, 0.4) is 0 Å². The number of amides is 1. The largest absolute Gasteiger partial charge is 0.321 e. The van der Waals surface area contributed by atoms with Gasteiger partial charge in [-0.25, -0.2) is 9.98 Å². The molecule has 1 aromatic heterocycles. The van der Waals surface area contributed by atoms with E-state index in [1.807, 2.05) is 23.7 Å². The summed E-state index contributed by atoms with van der Waals surface area (Å²) in [7, 11) is 0. The van der Waals surface area contributed by atoms with Crippen LogP contribution in [0.4, 0.5) is 0 Å². The maximum absolute atomic E-state index is 12.2. The second-order valence-corrected chi connectivity index (χ2v) is 8.00. The van der Waals surface area contributed by atoms with Gasteiger partial charge in [-0.2, -0.15) is 0 Å². The van der Waals surface area contributed by atoms with Crippen LogP contribution >= 0.6 is 11.3 Å². The van der Waals surface area contributed by atoms with E-state index in [-0.39, 0.29) is 5.91 Å². The first-order valence-corrected chi connectivity index (χ1v) is 9.28. The quantitative estimate of drug-likeness (QED) is 0.827. The van der Waals surface area contributed by atoms with Crippen LogP contribution in [-0.4, -0.2) is 22.9 Å². The Balaban J connectivity index is 1.32. The monoisotopic (exact) mass is 338 g/mol. The predicted octanol–water partition coefficient (Wildman–Crippen LogP) is 3.05. The summed E-state index contributed by atoms with van der Waals surface area (Å²) in [5.74, 6) is 0.486. The van der Waals surface area contributed by atoms with Gasteiger partial charge in [-0.05, 0) is 54.9 Å². The van der Waals surface area contributed by atoms with Gasteiger partial charge in [0.25, 0.3) is 5.91 Å². The normalized spacial score (nSPS) is 25.8. The molecule has 0 bridgehead atoms. The molecule has 1 spiro atoms. The van der Waals surface area contributed by atoms with Crippen molar-refractivity contribution in [1.82, 2.24) is 15.6 Å². The summed E-state index contributed by atoms with van der Waals surface area (Å²) in [6.45, 7) is 0. The fourth-order valence-corrected chi connectivity index (χ4v) is 4.71. The number of hydrogen-bond donors (Lipinski definition) is 2. The smallest absolute Gasteiger partial charge is 0.274 e. The second-order valence-electron chi connectivity index (χ2n) is 7.11. The molecule has 0 atom stereocenters. The summed E-state index contributed by atoms with van der Waals surface area (Å²) in [6, 6.07) is 6.37. The molecule has 2 aromatic rings. The van der Waals surface area contributed by atoms with Gasteiger partial charge in [0.2, 0.25) is 5.96 Å². The lowest BCUT2D eigenvalue weighted by molar-refractivity contribution is -0.115. The van der Waals surface area contributed by atoms with E-state index in [0.29, 0.717) is 23.1 Å². The highest BCUT2D eigenvalue weighted by atomic mass is 32.1. The van der Waals surface area contributed by atoms with Crippen LogP contribution in [0.2, 0.25) is 0 Å². The van der Waals surface area contributed by atoms with Crippen molar-refractivity contribution in [3.8, 4) is 0 Å². The summed E-state index contributed by atoms with van der Waals surface area (Å²) in [5, 5.41) is 5.97. The van der Waals surface area contributed by atoms with Crippen LogP contribution in [0.5, 0.6) is 0 Å². The number of aliphatic imine (C=N–C) groups is 1. The second kappa shape index (κ2) is 5.14. The predicted molar refractivity (Wildman–Crippen MR) is 95.6 cm³/mol. The zero-order valence-corrected chi connectivity index (χ0v) is 14.0. The highest BCUT2D eigenvalue weighted by molar-refractivity contribution is 7.16. The van der Waals surface area contributed by atoms with Crippen molar-refractivity contribution in [2.45, 2.75) is 38.1 Å². The summed E-state index contributed by atoms with van der Waals surface area (Å²) in [4.78, 5) is 21.1. The molecule has 5 rings (SSSR count). The van der Waals surface area contributed by atoms with Gasteiger partial charge in [0.05, 0.1) is 21.8 Å². The number of hydrogen-bond acceptors (Lipinski definition) is 4. The van der Waals surface area contributed by atoms with E-state index < -0.39 is 0 Å². The highest BCUT2D eigenvalue weighted by Crippen LogP contribution is 2.56. The number of fused-ring (bicyclic) bond motifs is 1. The molecule has 1 saturated heterocycles. The number of carbonyl (C=O) groups excluding carboxylic acids is 1. The molecular weight excluding hydrogens is 320 g/mol. The number of nitrogens with one attached hydrogen (secondary N) is 2. The first-order chi connectivity index (χ1) is 11.7. The van der Waals surface area contributed by atoms with E-state index in [0.717, 1.165) is 15.8 Å². The molecule has 2 heterocycles. The number of benzene rings is 1. The van der Waals surface area contributed by atoms with E-state index in [1.165, 1.54) is 32.1 Å². The third-order valence-electron chi connectivity index (χ3n) is 5.46. The lowest BCUT2D eigenvalue weighted by Gasteiger charge is -2.52. The molecule has 2 aliphatic carbocycles. The van der Waals surface area contributed by atoms with Crippen molar-refractivity contribution in [3.63, 3.8) is 0 Å². The van der Waals surface area contributed by atoms with E-state index in [1.54, 1.807) is 11.3 Å². The molecule has 5 nitrogen and oxygen atoms in total. The molecule has 2 N–H and O–H groups in total. The first kappa shape index (κ1) is 14.2. The molecular formula is C18H18N4OS. The Morgan fingerprint density at radius 1 is 1.29 bits per heavy atom. The number of guanidine groups is 1. The summed E-state index contributed by atoms with van der Waals surface area (Å²) >= 11 is 1.60. The number of rotatable bonds is 2. The van der Waals surface area contributed by atoms with Gasteiger partial charge >= 0.3 is 0 Å². The summed E-state index contributed by atoms with van der Waals surface area (Å²) in [5.41, 5.74) is 4.96. The number of aromatic nitrogens is 1. The van der Waals surface area contributed by atoms with E-state index in [4.69, 9.17) is 0 Å². The lowest BCUT2D eigenvalue weighted by atomic mass is 9.54. The zero-order valence-electron chi connectivity index (χ0n) is 13.2. The maximum Gasteiger partial charge on any atom is 0.274 e. The van der Waals surface area contributed by atoms with Crippen molar-refractivity contribution in [2.75, 3.05) is 0 Å². The van der Waals surface area contributed by atoms with Crippen LogP contribution in [0, 0.1) is 5.41 Å². The molecule has 0 radical (unpaired) electrons. The minimum atomic E-state index is -0.115. The first-order valence-electron chi connectivity index (χ1n) is 8.40. The Kier molecular flexibility index (Phi) is 3.03. The molecule has 1 aromatic carbocycles. The van der Waals surface area contributed by atoms with Crippen LogP contribution in [0.15, 0.2) is 34.4 Å². The van der Waals surface area contributed by atoms with Gasteiger partial charge < -0.3 is 5.32 Å². The van der Waals surface area contributed by atoms with Gasteiger partial charge in [0.1, 0.15) is 5.70 Å². The zero-order chi connectivity index (χ0) is 16.1. The average molecular weight is 338 g/mol. The van der Waals surface area contributed by atoms with Gasteiger partial charge in [0, 0.05) is 0 Å². The third-order valence-corrected chi connectivity index (χ3v) is 6.25. The molecule has 3 aliphatic rings. The van der Waals surface area contributed by atoms with Crippen molar-refractivity contribution < 1.29 is 4.79 Å². The van der Waals surface area contributed by atoms with Crippen LogP contribution in [0.1, 0.15) is 37.7 Å². The Morgan fingerprint density at radius 3 is 2.96 bits per heavy atom. The molecule has 24 heavy (non-hydrogen) atoms. The van der Waals surface area contributed by atoms with E-state index >= 15 is 0 Å². The van der Waals surface area contributed by atoms with E-state index in [9.17, 15) is 4.79 Å². The molecule has 6 heteroatoms. The number of nitrogens with zero attached hydrogens (tertiary/aromatic N) is 2. The number of carbonyl (C=O) groups is 1. The van der Waals surface area contributed by atoms with Crippen molar-refractivity contribution >= 4 is 39.5 Å². The van der Waals surface area contributed by atoms with Crippen LogP contribution in [0.25, 0.3) is 16.3 Å². The fraction of sp³-hybridized carbons (Fsp3) is 0.389. The molecule has 122 valence electrons. The summed E-state index contributed by atoms with van der Waals surface area (Å²) < 4.78 is 1.12. The Bertz CT molecular complexity index is 885.